The molecule has 484 valence electrons. The lowest BCUT2D eigenvalue weighted by molar-refractivity contribution is 1.09. The molecule has 0 fully saturated rings. The number of rotatable bonds is 11. The van der Waals surface area contributed by atoms with Gasteiger partial charge >= 0.3 is 0 Å². The van der Waals surface area contributed by atoms with Crippen LogP contribution in [0.15, 0.2) is 371 Å². The van der Waals surface area contributed by atoms with Crippen LogP contribution in [0, 0.1) is 0 Å². The normalized spacial score (nSPS) is 12.4. The fraction of sp³-hybridized carbons (Fsp3) is 0.0213. The molecule has 7 aromatic heterocycles. The van der Waals surface area contributed by atoms with Crippen molar-refractivity contribution in [3.8, 4) is 39.3 Å². The van der Waals surface area contributed by atoms with Crippen molar-refractivity contribution in [1.82, 2.24) is 33.6 Å². The van der Waals surface area contributed by atoms with E-state index in [2.05, 4.69) is 341 Å². The highest BCUT2D eigenvalue weighted by Crippen LogP contribution is 2.46. The van der Waals surface area contributed by atoms with Gasteiger partial charge in [-0.2, -0.15) is 0 Å². The number of hydrogen-bond acceptors (Lipinski definition) is 4. The molecule has 0 radical (unpaired) electrons. The third kappa shape index (κ3) is 9.40. The van der Waals surface area contributed by atoms with Crippen molar-refractivity contribution in [2.45, 2.75) is 12.8 Å². The molecule has 103 heavy (non-hydrogen) atoms. The highest BCUT2D eigenvalue weighted by atomic mass is 28.3. The molecule has 7 heterocycles. The Hall–Kier alpha value is -12.9. The Morgan fingerprint density at radius 2 is 0.602 bits per heavy atom. The highest BCUT2D eigenvalue weighted by molar-refractivity contribution is 7.20. The van der Waals surface area contributed by atoms with Gasteiger partial charge in [-0.3, -0.25) is 19.9 Å². The summed E-state index contributed by atoms with van der Waals surface area (Å²) in [7, 11) is -5.70. The Morgan fingerprint density at radius 1 is 0.233 bits per heavy atom. The van der Waals surface area contributed by atoms with Crippen LogP contribution in [0.5, 0.6) is 0 Å². The minimum atomic E-state index is -2.94. The van der Waals surface area contributed by atoms with Gasteiger partial charge in [-0.25, -0.2) is 0 Å². The molecule has 0 saturated heterocycles. The van der Waals surface area contributed by atoms with E-state index in [1.807, 2.05) is 43.0 Å². The van der Waals surface area contributed by atoms with Gasteiger partial charge in [-0.05, 0) is 180 Å². The zero-order chi connectivity index (χ0) is 68.0. The van der Waals surface area contributed by atoms with Crippen LogP contribution >= 0.6 is 0 Å². The van der Waals surface area contributed by atoms with E-state index in [-0.39, 0.29) is 0 Å². The van der Waals surface area contributed by atoms with E-state index in [0.717, 1.165) is 56.4 Å². The second-order valence-electron chi connectivity index (χ2n) is 27.1. The van der Waals surface area contributed by atoms with E-state index in [4.69, 9.17) is 19.9 Å². The maximum absolute atomic E-state index is 5.00. The third-order valence-electron chi connectivity index (χ3n) is 21.8. The van der Waals surface area contributed by atoms with Gasteiger partial charge in [0.15, 0.2) is 8.07 Å². The topological polar surface area (TPSA) is 66.3 Å². The number of benzene rings is 12. The summed E-state index contributed by atoms with van der Waals surface area (Å²) in [5.41, 5.74) is 22.2. The number of aromatic nitrogens is 7. The first-order valence-corrected chi connectivity index (χ1v) is 39.4. The van der Waals surface area contributed by atoms with Gasteiger partial charge in [0.25, 0.3) is 0 Å². The molecule has 0 atom stereocenters. The average molecular weight is 1350 g/mol. The van der Waals surface area contributed by atoms with Crippen LogP contribution in [-0.4, -0.2) is 49.8 Å². The molecule has 0 saturated carbocycles. The number of fused-ring (bicyclic) bond motifs is 15. The second kappa shape index (κ2) is 24.5. The Balaban J connectivity index is 0.000000142. The van der Waals surface area contributed by atoms with E-state index < -0.39 is 16.1 Å². The lowest BCUT2D eigenvalue weighted by atomic mass is 10.0. The first kappa shape index (κ1) is 60.1. The monoisotopic (exact) mass is 1350 g/mol. The number of pyridine rings is 4. The molecule has 12 aromatic carbocycles. The minimum Gasteiger partial charge on any atom is -0.309 e. The summed E-state index contributed by atoms with van der Waals surface area (Å²) in [6.45, 7) is 0. The zero-order valence-corrected chi connectivity index (χ0v) is 58.3. The Labute approximate surface area is 598 Å². The summed E-state index contributed by atoms with van der Waals surface area (Å²) in [6, 6.07) is 127. The predicted molar refractivity (Wildman–Crippen MR) is 431 cm³/mol. The lowest BCUT2D eigenvalue weighted by Crippen LogP contribution is -2.76. The van der Waals surface area contributed by atoms with Crippen LogP contribution in [0.3, 0.4) is 0 Å². The molecule has 0 unspecified atom stereocenters. The Kier molecular flexibility index (Phi) is 14.3. The molecule has 19 aromatic rings. The van der Waals surface area contributed by atoms with Gasteiger partial charge in [0.05, 0.1) is 44.3 Å². The van der Waals surface area contributed by atoms with Crippen molar-refractivity contribution < 1.29 is 0 Å². The van der Waals surface area contributed by atoms with Gasteiger partial charge in [0.1, 0.15) is 0 Å². The van der Waals surface area contributed by atoms with Crippen LogP contribution in [0.2, 0.25) is 0 Å². The lowest BCUT2D eigenvalue weighted by Gasteiger charge is -2.34. The molecule has 0 spiro atoms. The molecule has 21 rings (SSSR count). The fourth-order valence-corrected chi connectivity index (χ4v) is 26.4. The van der Waals surface area contributed by atoms with Gasteiger partial charge < -0.3 is 13.7 Å². The number of para-hydroxylation sites is 5. The molecule has 9 heteroatoms. The van der Waals surface area contributed by atoms with Crippen LogP contribution < -0.4 is 41.9 Å². The highest BCUT2D eigenvalue weighted by Gasteiger charge is 2.47. The molecule has 0 bridgehead atoms. The quantitative estimate of drug-likeness (QED) is 0.0956. The minimum absolute atomic E-state index is 0.846. The maximum atomic E-state index is 5.00. The van der Waals surface area contributed by atoms with Crippen molar-refractivity contribution in [2.24, 2.45) is 0 Å². The first-order valence-electron chi connectivity index (χ1n) is 35.4. The van der Waals surface area contributed by atoms with E-state index in [1.54, 1.807) is 0 Å². The number of nitrogens with zero attached hydrogens (tertiary/aromatic N) is 7. The van der Waals surface area contributed by atoms with E-state index in [0.29, 0.717) is 0 Å². The summed E-state index contributed by atoms with van der Waals surface area (Å²) in [4.78, 5) is 20.0. The number of hydrogen-bond donors (Lipinski definition) is 0. The summed E-state index contributed by atoms with van der Waals surface area (Å²) in [5, 5.41) is 16.0. The summed E-state index contributed by atoms with van der Waals surface area (Å²) < 4.78 is 7.35. The van der Waals surface area contributed by atoms with Crippen molar-refractivity contribution in [3.63, 3.8) is 0 Å². The van der Waals surface area contributed by atoms with Crippen molar-refractivity contribution in [3.05, 3.63) is 393 Å². The van der Waals surface area contributed by atoms with E-state index in [1.165, 1.54) is 125 Å². The van der Waals surface area contributed by atoms with Crippen LogP contribution in [-0.2, 0) is 12.8 Å². The average Bonchev–Trinajstić information content (AvgIpc) is 1.69. The van der Waals surface area contributed by atoms with Gasteiger partial charge in [-0.15, -0.1) is 0 Å². The summed E-state index contributed by atoms with van der Waals surface area (Å²) >= 11 is 0. The standard InChI is InChI=1S/C54H37N3Si.C40H28N4Si/c1-4-17-39(18-5-1)58(40-19-6-2-7-20-40,41-21-8-3-9-22-41)42-31-30-37-33-48-47(46(37)36-42)34-38(56-49-26-13-10-23-43(49)44-24-11-14-27-50(44)56)35-53(48)57-51-28-15-12-25-45(51)54-52(57)29-16-32-55-54;1-3-13-36-32(11-1)33-12-2-4-14-37(33)44(36)30-20-18-28-25-29-19-21-31(27-35(29)34(28)26-30)45(38-15-5-8-22-41-38,39-16-6-9-23-42-39)40-17-7-10-24-43-40/h1-32,34-36H,33H2;1-24,26-27H,25H2. The van der Waals surface area contributed by atoms with Crippen molar-refractivity contribution >= 4 is 124 Å². The van der Waals surface area contributed by atoms with Crippen LogP contribution in [0.25, 0.3) is 105 Å². The predicted octanol–water partition coefficient (Wildman–Crippen LogP) is 16.1. The zero-order valence-electron chi connectivity index (χ0n) is 56.3. The molecule has 0 aliphatic heterocycles. The molecule has 0 amide bonds. The molecule has 2 aliphatic carbocycles. The molecular formula is C94H65N7Si2. The van der Waals surface area contributed by atoms with Crippen LogP contribution in [0.1, 0.15) is 22.3 Å². The second-order valence-corrected chi connectivity index (χ2v) is 34.6. The van der Waals surface area contributed by atoms with E-state index >= 15 is 0 Å². The Bertz CT molecular complexity index is 6140. The molecular weight excluding hydrogens is 1280 g/mol. The van der Waals surface area contributed by atoms with E-state index in [9.17, 15) is 0 Å². The molecule has 2 aliphatic rings. The SMILES string of the molecule is c1ccc([Si](c2ccc3c(c2)-c2cc(-n4c5ccccc5c5ccccc54)ccc2C3)(c2ccccn2)c2ccccn2)nc1.c1ccc([Si](c2ccccc2)(c2ccccc2)c2ccc3c(c2)-c2cc(-n4c5ccccc5c5ccccc54)cc(-n4c5ccccc5c5ncccc54)c2C3)cc1. The largest absolute Gasteiger partial charge is 0.309 e. The summed E-state index contributed by atoms with van der Waals surface area (Å²) in [5.74, 6) is 0. The maximum Gasteiger partial charge on any atom is 0.243 e. The van der Waals surface area contributed by atoms with Crippen LogP contribution in [0.4, 0.5) is 0 Å². The fourth-order valence-electron chi connectivity index (χ4n) is 17.4. The third-order valence-corrected chi connectivity index (χ3v) is 31.0. The molecule has 0 N–H and O–H groups in total. The van der Waals surface area contributed by atoms with Crippen molar-refractivity contribution in [1.29, 1.82) is 0 Å². The smallest absolute Gasteiger partial charge is 0.243 e. The molecule has 7 nitrogen and oxygen atoms in total. The Morgan fingerprint density at radius 3 is 1.09 bits per heavy atom. The first-order chi connectivity index (χ1) is 51.1. The van der Waals surface area contributed by atoms with Gasteiger partial charge in [0, 0.05) is 85.5 Å². The van der Waals surface area contributed by atoms with Crippen molar-refractivity contribution in [2.75, 3.05) is 0 Å². The van der Waals surface area contributed by atoms with Gasteiger partial charge in [0.2, 0.25) is 8.07 Å². The summed E-state index contributed by atoms with van der Waals surface area (Å²) in [6.07, 6.45) is 9.36. The van der Waals surface area contributed by atoms with Gasteiger partial charge in [-0.1, -0.05) is 243 Å².